The second-order valence-corrected chi connectivity index (χ2v) is 4.82. The standard InChI is InChI=1S/C16H19NO2/c1-12-5-7-13(8-6-12)10-17-11-16(19)14-3-2-4-15(18)9-14/h2-9,16-19H,10-11H2,1H3/p+1/t16-/m1/s1. The third-order valence-electron chi connectivity index (χ3n) is 3.15. The van der Waals surface area contributed by atoms with Gasteiger partial charge in [0, 0.05) is 5.56 Å². The van der Waals surface area contributed by atoms with Crippen molar-refractivity contribution < 1.29 is 15.5 Å². The average Bonchev–Trinajstić information content (AvgIpc) is 2.41. The van der Waals surface area contributed by atoms with Crippen molar-refractivity contribution in [2.24, 2.45) is 0 Å². The second-order valence-electron chi connectivity index (χ2n) is 4.82. The van der Waals surface area contributed by atoms with Gasteiger partial charge >= 0.3 is 0 Å². The van der Waals surface area contributed by atoms with E-state index in [9.17, 15) is 10.2 Å². The van der Waals surface area contributed by atoms with Gasteiger partial charge in [-0.15, -0.1) is 0 Å². The van der Waals surface area contributed by atoms with Gasteiger partial charge in [0.2, 0.25) is 0 Å². The Hall–Kier alpha value is -1.84. The van der Waals surface area contributed by atoms with Crippen molar-refractivity contribution in [2.45, 2.75) is 19.6 Å². The molecule has 0 unspecified atom stereocenters. The molecule has 4 N–H and O–H groups in total. The fourth-order valence-electron chi connectivity index (χ4n) is 2.00. The summed E-state index contributed by atoms with van der Waals surface area (Å²) in [5.41, 5.74) is 3.25. The van der Waals surface area contributed by atoms with Crippen LogP contribution in [0.3, 0.4) is 0 Å². The highest BCUT2D eigenvalue weighted by molar-refractivity contribution is 5.28. The molecule has 0 saturated heterocycles. The molecule has 0 aliphatic rings. The fraction of sp³-hybridized carbons (Fsp3) is 0.250. The predicted octanol–water partition coefficient (Wildman–Crippen LogP) is 1.50. The number of hydrogen-bond acceptors (Lipinski definition) is 2. The zero-order valence-electron chi connectivity index (χ0n) is 11.1. The Morgan fingerprint density at radius 3 is 2.53 bits per heavy atom. The molecule has 3 heteroatoms. The number of aliphatic hydroxyl groups excluding tert-OH is 1. The molecular weight excluding hydrogens is 238 g/mol. The number of aliphatic hydroxyl groups is 1. The zero-order valence-corrected chi connectivity index (χ0v) is 11.1. The lowest BCUT2D eigenvalue weighted by molar-refractivity contribution is -0.677. The van der Waals surface area contributed by atoms with Crippen molar-refractivity contribution in [1.29, 1.82) is 0 Å². The topological polar surface area (TPSA) is 57.1 Å². The summed E-state index contributed by atoms with van der Waals surface area (Å²) in [5, 5.41) is 21.5. The monoisotopic (exact) mass is 258 g/mol. The Morgan fingerprint density at radius 2 is 1.84 bits per heavy atom. The molecule has 0 aliphatic carbocycles. The lowest BCUT2D eigenvalue weighted by Gasteiger charge is -2.10. The molecule has 0 fully saturated rings. The van der Waals surface area contributed by atoms with Crippen LogP contribution >= 0.6 is 0 Å². The second kappa shape index (κ2) is 6.36. The molecule has 0 heterocycles. The van der Waals surface area contributed by atoms with Crippen LogP contribution in [-0.4, -0.2) is 16.8 Å². The first kappa shape index (κ1) is 13.6. The number of benzene rings is 2. The molecular formula is C16H20NO2+. The van der Waals surface area contributed by atoms with E-state index in [0.717, 1.165) is 12.1 Å². The minimum absolute atomic E-state index is 0.190. The van der Waals surface area contributed by atoms with Gasteiger partial charge in [0.25, 0.3) is 0 Å². The van der Waals surface area contributed by atoms with Crippen molar-refractivity contribution in [3.63, 3.8) is 0 Å². The van der Waals surface area contributed by atoms with E-state index >= 15 is 0 Å². The first-order valence-electron chi connectivity index (χ1n) is 6.49. The number of rotatable bonds is 5. The molecule has 19 heavy (non-hydrogen) atoms. The summed E-state index contributed by atoms with van der Waals surface area (Å²) >= 11 is 0. The molecule has 3 nitrogen and oxygen atoms in total. The summed E-state index contributed by atoms with van der Waals surface area (Å²) in [6.45, 7) is 3.49. The SMILES string of the molecule is Cc1ccc(C[NH2+]C[C@@H](O)c2cccc(O)c2)cc1. The van der Waals surface area contributed by atoms with Crippen LogP contribution in [0, 0.1) is 6.92 Å². The first-order chi connectivity index (χ1) is 9.15. The van der Waals surface area contributed by atoms with E-state index in [1.165, 1.54) is 11.1 Å². The van der Waals surface area contributed by atoms with Gasteiger partial charge < -0.3 is 15.5 Å². The molecule has 0 bridgehead atoms. The number of phenols is 1. The van der Waals surface area contributed by atoms with Crippen molar-refractivity contribution in [2.75, 3.05) is 6.54 Å². The molecule has 100 valence electrons. The number of phenolic OH excluding ortho intramolecular Hbond substituents is 1. The van der Waals surface area contributed by atoms with Gasteiger partial charge in [0.05, 0.1) is 0 Å². The smallest absolute Gasteiger partial charge is 0.128 e. The van der Waals surface area contributed by atoms with E-state index in [0.29, 0.717) is 6.54 Å². The minimum Gasteiger partial charge on any atom is -0.508 e. The van der Waals surface area contributed by atoms with Gasteiger partial charge in [-0.1, -0.05) is 42.0 Å². The Balaban J connectivity index is 1.84. The van der Waals surface area contributed by atoms with Crippen molar-refractivity contribution >= 4 is 0 Å². The third kappa shape index (κ3) is 4.09. The number of aryl methyl sites for hydroxylation is 1. The normalized spacial score (nSPS) is 12.3. The third-order valence-corrected chi connectivity index (χ3v) is 3.15. The summed E-state index contributed by atoms with van der Waals surface area (Å²) in [6, 6.07) is 15.2. The van der Waals surface area contributed by atoms with Crippen LogP contribution in [0.1, 0.15) is 22.8 Å². The molecule has 2 aromatic rings. The Morgan fingerprint density at radius 1 is 1.11 bits per heavy atom. The van der Waals surface area contributed by atoms with Crippen LogP contribution in [0.4, 0.5) is 0 Å². The quantitative estimate of drug-likeness (QED) is 0.761. The Bertz CT molecular complexity index is 523. The maximum Gasteiger partial charge on any atom is 0.128 e. The summed E-state index contributed by atoms with van der Waals surface area (Å²) in [7, 11) is 0. The summed E-state index contributed by atoms with van der Waals surface area (Å²) in [5.74, 6) is 0.190. The Kier molecular flexibility index (Phi) is 4.55. The molecule has 1 atom stereocenters. The van der Waals surface area contributed by atoms with Gasteiger partial charge in [0.1, 0.15) is 24.9 Å². The van der Waals surface area contributed by atoms with Gasteiger partial charge in [0.15, 0.2) is 0 Å². The summed E-state index contributed by atoms with van der Waals surface area (Å²) in [4.78, 5) is 0. The van der Waals surface area contributed by atoms with Crippen LogP contribution < -0.4 is 5.32 Å². The number of nitrogens with two attached hydrogens (primary N) is 1. The van der Waals surface area contributed by atoms with E-state index < -0.39 is 6.10 Å². The van der Waals surface area contributed by atoms with E-state index in [1.807, 2.05) is 6.07 Å². The number of aromatic hydroxyl groups is 1. The molecule has 0 saturated carbocycles. The largest absolute Gasteiger partial charge is 0.508 e. The molecule has 0 radical (unpaired) electrons. The van der Waals surface area contributed by atoms with Gasteiger partial charge in [-0.2, -0.15) is 0 Å². The van der Waals surface area contributed by atoms with Crippen LogP contribution in [0.25, 0.3) is 0 Å². The van der Waals surface area contributed by atoms with Crippen molar-refractivity contribution in [1.82, 2.24) is 0 Å². The highest BCUT2D eigenvalue weighted by Crippen LogP contribution is 2.16. The highest BCUT2D eigenvalue weighted by atomic mass is 16.3. The molecule has 0 aromatic heterocycles. The first-order valence-corrected chi connectivity index (χ1v) is 6.49. The van der Waals surface area contributed by atoms with Crippen molar-refractivity contribution in [3.8, 4) is 5.75 Å². The number of quaternary nitrogens is 1. The van der Waals surface area contributed by atoms with Crippen LogP contribution in [0.2, 0.25) is 0 Å². The molecule has 2 aromatic carbocycles. The van der Waals surface area contributed by atoms with Gasteiger partial charge in [-0.05, 0) is 24.6 Å². The lowest BCUT2D eigenvalue weighted by Crippen LogP contribution is -2.83. The highest BCUT2D eigenvalue weighted by Gasteiger charge is 2.09. The number of hydrogen-bond donors (Lipinski definition) is 3. The summed E-state index contributed by atoms with van der Waals surface area (Å²) < 4.78 is 0. The van der Waals surface area contributed by atoms with E-state index in [-0.39, 0.29) is 5.75 Å². The van der Waals surface area contributed by atoms with Gasteiger partial charge in [-0.25, -0.2) is 0 Å². The Labute approximate surface area is 113 Å². The minimum atomic E-state index is -0.558. The summed E-state index contributed by atoms with van der Waals surface area (Å²) in [6.07, 6.45) is -0.558. The van der Waals surface area contributed by atoms with Crippen LogP contribution in [-0.2, 0) is 6.54 Å². The van der Waals surface area contributed by atoms with Crippen molar-refractivity contribution in [3.05, 3.63) is 65.2 Å². The van der Waals surface area contributed by atoms with Crippen LogP contribution in [0.5, 0.6) is 5.75 Å². The maximum atomic E-state index is 10.0. The predicted molar refractivity (Wildman–Crippen MR) is 74.7 cm³/mol. The average molecular weight is 258 g/mol. The van der Waals surface area contributed by atoms with Crippen LogP contribution in [0.15, 0.2) is 48.5 Å². The molecule has 2 rings (SSSR count). The lowest BCUT2D eigenvalue weighted by atomic mass is 10.1. The molecule has 0 spiro atoms. The molecule has 0 amide bonds. The van der Waals surface area contributed by atoms with E-state index in [2.05, 4.69) is 36.5 Å². The molecule has 0 aliphatic heterocycles. The van der Waals surface area contributed by atoms with E-state index in [4.69, 9.17) is 0 Å². The van der Waals surface area contributed by atoms with Gasteiger partial charge in [-0.3, -0.25) is 0 Å². The van der Waals surface area contributed by atoms with E-state index in [1.54, 1.807) is 18.2 Å². The zero-order chi connectivity index (χ0) is 13.7. The fourth-order valence-corrected chi connectivity index (χ4v) is 2.00. The maximum absolute atomic E-state index is 10.0.